The van der Waals surface area contributed by atoms with Crippen LogP contribution in [0.2, 0.25) is 0 Å². The fourth-order valence-electron chi connectivity index (χ4n) is 2.05. The number of carbonyl (C=O) groups is 1. The molecule has 0 aliphatic rings. The number of aromatic nitrogens is 1. The van der Waals surface area contributed by atoms with Gasteiger partial charge < -0.3 is 4.74 Å². The molecule has 1 heterocycles. The zero-order valence-corrected chi connectivity index (χ0v) is 16.2. The molecule has 0 saturated carbocycles. The van der Waals surface area contributed by atoms with Crippen LogP contribution in [0.4, 0.5) is 5.13 Å². The van der Waals surface area contributed by atoms with Crippen LogP contribution in [0.15, 0.2) is 51.8 Å². The third-order valence-corrected chi connectivity index (χ3v) is 5.93. The van der Waals surface area contributed by atoms with Gasteiger partial charge in [0.2, 0.25) is 0 Å². The molecular weight excluding hydrogens is 428 g/mol. The number of carbonyl (C=O) groups excluding carboxylic acids is 1. The van der Waals surface area contributed by atoms with Gasteiger partial charge >= 0.3 is 0 Å². The molecule has 2 aromatic carbocycles. The molecule has 1 N–H and O–H groups in total. The predicted octanol–water partition coefficient (Wildman–Crippen LogP) is 3.48. The van der Waals surface area contributed by atoms with Crippen molar-refractivity contribution in [2.75, 3.05) is 18.2 Å². The van der Waals surface area contributed by atoms with Crippen molar-refractivity contribution in [2.45, 2.75) is 4.90 Å². The lowest BCUT2D eigenvalue weighted by Gasteiger charge is -2.07. The number of halogens is 1. The van der Waals surface area contributed by atoms with E-state index in [1.165, 1.54) is 17.4 Å². The van der Waals surface area contributed by atoms with E-state index in [-0.39, 0.29) is 17.4 Å². The highest BCUT2D eigenvalue weighted by Gasteiger charge is 2.12. The molecule has 0 unspecified atom stereocenters. The lowest BCUT2D eigenvalue weighted by molar-refractivity contribution is -0.118. The van der Waals surface area contributed by atoms with Gasteiger partial charge in [-0.2, -0.15) is 0 Å². The summed E-state index contributed by atoms with van der Waals surface area (Å²) in [5.41, 5.74) is 0.624. The molecule has 0 aliphatic heterocycles. The summed E-state index contributed by atoms with van der Waals surface area (Å²) in [4.78, 5) is 16.5. The third-order valence-electron chi connectivity index (χ3n) is 3.23. The van der Waals surface area contributed by atoms with Crippen LogP contribution in [0.1, 0.15) is 0 Å². The zero-order chi connectivity index (χ0) is 18.0. The Morgan fingerprint density at radius 1 is 1.28 bits per heavy atom. The maximum atomic E-state index is 12.0. The van der Waals surface area contributed by atoms with Crippen molar-refractivity contribution in [3.05, 3.63) is 46.9 Å². The number of hydrogen-bond acceptors (Lipinski definition) is 6. The van der Waals surface area contributed by atoms with Crippen molar-refractivity contribution in [3.8, 4) is 5.75 Å². The number of nitrogens with one attached hydrogen (secondary N) is 1. The third kappa shape index (κ3) is 4.36. The van der Waals surface area contributed by atoms with E-state index in [0.29, 0.717) is 21.1 Å². The van der Waals surface area contributed by atoms with Crippen molar-refractivity contribution < 1.29 is 17.9 Å². The van der Waals surface area contributed by atoms with Gasteiger partial charge in [-0.15, -0.1) is 0 Å². The molecule has 25 heavy (non-hydrogen) atoms. The Bertz CT molecular complexity index is 1050. The molecule has 0 radical (unpaired) electrons. The summed E-state index contributed by atoms with van der Waals surface area (Å²) < 4.78 is 30.1. The highest BCUT2D eigenvalue weighted by molar-refractivity contribution is 9.10. The minimum Gasteiger partial charge on any atom is -0.483 e. The first-order valence-corrected chi connectivity index (χ1v) is 10.6. The molecule has 9 heteroatoms. The molecule has 0 bridgehead atoms. The summed E-state index contributed by atoms with van der Waals surface area (Å²) in [5.74, 6) is 0.220. The maximum absolute atomic E-state index is 12.0. The van der Waals surface area contributed by atoms with Crippen LogP contribution in [-0.2, 0) is 14.6 Å². The quantitative estimate of drug-likeness (QED) is 0.656. The van der Waals surface area contributed by atoms with E-state index in [1.54, 1.807) is 18.2 Å². The van der Waals surface area contributed by atoms with Gasteiger partial charge in [0.1, 0.15) is 5.75 Å². The largest absolute Gasteiger partial charge is 0.483 e. The average molecular weight is 441 g/mol. The average Bonchev–Trinajstić information content (AvgIpc) is 2.94. The molecule has 6 nitrogen and oxygen atoms in total. The monoisotopic (exact) mass is 440 g/mol. The standard InChI is InChI=1S/C16H13BrN2O4S2/c1-25(21,22)10-6-7-12-14(8-10)24-16(18-12)19-15(20)9-23-13-5-3-2-4-11(13)17/h2-8H,9H2,1H3,(H,18,19,20). The van der Waals surface area contributed by atoms with E-state index >= 15 is 0 Å². The number of amides is 1. The summed E-state index contributed by atoms with van der Waals surface area (Å²) >= 11 is 4.55. The van der Waals surface area contributed by atoms with E-state index in [1.807, 2.05) is 18.2 Å². The van der Waals surface area contributed by atoms with Crippen molar-refractivity contribution >= 4 is 58.4 Å². The smallest absolute Gasteiger partial charge is 0.264 e. The SMILES string of the molecule is CS(=O)(=O)c1ccc2nc(NC(=O)COc3ccccc3Br)sc2c1. The number of nitrogens with zero attached hydrogens (tertiary/aromatic N) is 1. The summed E-state index contributed by atoms with van der Waals surface area (Å²) in [6, 6.07) is 11.9. The lowest BCUT2D eigenvalue weighted by atomic mass is 10.3. The summed E-state index contributed by atoms with van der Waals surface area (Å²) in [5, 5.41) is 3.05. The molecule has 1 amide bonds. The van der Waals surface area contributed by atoms with Gasteiger partial charge in [-0.3, -0.25) is 10.1 Å². The summed E-state index contributed by atoms with van der Waals surface area (Å²) in [6.45, 7) is -0.160. The van der Waals surface area contributed by atoms with Crippen LogP contribution in [0.3, 0.4) is 0 Å². The molecule has 3 rings (SSSR count). The highest BCUT2D eigenvalue weighted by Crippen LogP contribution is 2.28. The van der Waals surface area contributed by atoms with Gasteiger partial charge in [0.15, 0.2) is 21.6 Å². The van der Waals surface area contributed by atoms with Crippen molar-refractivity contribution in [2.24, 2.45) is 0 Å². The number of anilines is 1. The second-order valence-electron chi connectivity index (χ2n) is 5.19. The molecule has 0 atom stereocenters. The number of ether oxygens (including phenoxy) is 1. The Hall–Kier alpha value is -1.97. The van der Waals surface area contributed by atoms with Gasteiger partial charge in [-0.05, 0) is 46.3 Å². The van der Waals surface area contributed by atoms with Gasteiger partial charge in [-0.25, -0.2) is 13.4 Å². The zero-order valence-electron chi connectivity index (χ0n) is 13.0. The Labute approximate surface area is 156 Å². The topological polar surface area (TPSA) is 85.4 Å². The first kappa shape index (κ1) is 17.8. The van der Waals surface area contributed by atoms with Crippen LogP contribution in [0, 0.1) is 0 Å². The van der Waals surface area contributed by atoms with Crippen molar-refractivity contribution in [1.29, 1.82) is 0 Å². The molecule has 0 aliphatic carbocycles. The minimum atomic E-state index is -3.28. The van der Waals surface area contributed by atoms with Crippen LogP contribution in [0.25, 0.3) is 10.2 Å². The number of fused-ring (bicyclic) bond motifs is 1. The van der Waals surface area contributed by atoms with Gasteiger partial charge in [0.25, 0.3) is 5.91 Å². The number of rotatable bonds is 5. The molecule has 0 fully saturated rings. The van der Waals surface area contributed by atoms with Crippen LogP contribution in [-0.4, -0.2) is 32.2 Å². The van der Waals surface area contributed by atoms with E-state index in [0.717, 1.165) is 10.7 Å². The van der Waals surface area contributed by atoms with Crippen molar-refractivity contribution in [1.82, 2.24) is 4.98 Å². The summed E-state index contributed by atoms with van der Waals surface area (Å²) in [7, 11) is -3.28. The predicted molar refractivity (Wildman–Crippen MR) is 101 cm³/mol. The van der Waals surface area contributed by atoms with E-state index in [4.69, 9.17) is 4.74 Å². The maximum Gasteiger partial charge on any atom is 0.264 e. The number of hydrogen-bond donors (Lipinski definition) is 1. The number of thiazole rings is 1. The van der Waals surface area contributed by atoms with Crippen LogP contribution < -0.4 is 10.1 Å². The number of para-hydroxylation sites is 1. The van der Waals surface area contributed by atoms with Gasteiger partial charge in [0.05, 0.1) is 19.6 Å². The normalized spacial score (nSPS) is 11.4. The number of benzene rings is 2. The second kappa shape index (κ2) is 7.11. The Morgan fingerprint density at radius 3 is 2.76 bits per heavy atom. The van der Waals surface area contributed by atoms with E-state index < -0.39 is 9.84 Å². The van der Waals surface area contributed by atoms with E-state index in [9.17, 15) is 13.2 Å². The first-order valence-electron chi connectivity index (χ1n) is 7.11. The van der Waals surface area contributed by atoms with E-state index in [2.05, 4.69) is 26.2 Å². The molecular formula is C16H13BrN2O4S2. The molecule has 130 valence electrons. The molecule has 3 aromatic rings. The summed E-state index contributed by atoms with van der Waals surface area (Å²) in [6.07, 6.45) is 1.15. The minimum absolute atomic E-state index is 0.160. The van der Waals surface area contributed by atoms with Crippen LogP contribution >= 0.6 is 27.3 Å². The Kier molecular flexibility index (Phi) is 5.07. The molecule has 0 spiro atoms. The fraction of sp³-hybridized carbons (Fsp3) is 0.125. The fourth-order valence-corrected chi connectivity index (χ4v) is 4.09. The lowest BCUT2D eigenvalue weighted by Crippen LogP contribution is -2.20. The van der Waals surface area contributed by atoms with Gasteiger partial charge in [0, 0.05) is 6.26 Å². The first-order chi connectivity index (χ1) is 11.8. The number of sulfone groups is 1. The molecule has 1 aromatic heterocycles. The second-order valence-corrected chi connectivity index (χ2v) is 9.09. The van der Waals surface area contributed by atoms with Crippen LogP contribution in [0.5, 0.6) is 5.75 Å². The van der Waals surface area contributed by atoms with Crippen molar-refractivity contribution in [3.63, 3.8) is 0 Å². The molecule has 0 saturated heterocycles. The highest BCUT2D eigenvalue weighted by atomic mass is 79.9. The Morgan fingerprint density at radius 2 is 2.04 bits per heavy atom. The Balaban J connectivity index is 1.70. The van der Waals surface area contributed by atoms with Gasteiger partial charge in [-0.1, -0.05) is 23.5 Å².